The summed E-state index contributed by atoms with van der Waals surface area (Å²) >= 11 is 0. The molecule has 0 unspecified atom stereocenters. The Balaban J connectivity index is 0.000000270. The number of halogens is 3. The molecule has 0 spiro atoms. The van der Waals surface area contributed by atoms with Crippen molar-refractivity contribution in [2.75, 3.05) is 7.11 Å². The first-order chi connectivity index (χ1) is 9.75. The van der Waals surface area contributed by atoms with Crippen molar-refractivity contribution in [2.24, 2.45) is 0 Å². The maximum Gasteiger partial charge on any atom is 0.449 e. The predicted molar refractivity (Wildman–Crippen MR) is 65.5 cm³/mol. The van der Waals surface area contributed by atoms with Crippen LogP contribution in [0.15, 0.2) is 28.9 Å². The van der Waals surface area contributed by atoms with Crippen molar-refractivity contribution in [1.29, 1.82) is 0 Å². The zero-order valence-electron chi connectivity index (χ0n) is 10.8. The van der Waals surface area contributed by atoms with E-state index < -0.39 is 23.7 Å². The fraction of sp³-hybridized carbons (Fsp3) is 0.231. The second-order valence-corrected chi connectivity index (χ2v) is 3.80. The van der Waals surface area contributed by atoms with Gasteiger partial charge in [0.05, 0.1) is 19.4 Å². The summed E-state index contributed by atoms with van der Waals surface area (Å²) in [6.45, 7) is 0. The Morgan fingerprint density at radius 3 is 2.57 bits per heavy atom. The second-order valence-electron chi connectivity index (χ2n) is 3.80. The Bertz CT molecular complexity index is 581. The van der Waals surface area contributed by atoms with Gasteiger partial charge >= 0.3 is 12.1 Å². The van der Waals surface area contributed by atoms with E-state index in [2.05, 4.69) is 9.15 Å². The number of rotatable bonds is 2. The highest BCUT2D eigenvalue weighted by atomic mass is 19.4. The summed E-state index contributed by atoms with van der Waals surface area (Å²) in [5, 5.41) is 7.88. The van der Waals surface area contributed by atoms with Crippen LogP contribution in [-0.2, 0) is 15.7 Å². The first-order valence-electron chi connectivity index (χ1n) is 5.58. The summed E-state index contributed by atoms with van der Waals surface area (Å²) in [6.07, 6.45) is 0.543. The molecule has 1 aromatic heterocycles. The quantitative estimate of drug-likeness (QED) is 0.671. The van der Waals surface area contributed by atoms with Crippen LogP contribution < -0.4 is 0 Å². The van der Waals surface area contributed by atoms with Gasteiger partial charge in [-0.15, -0.1) is 0 Å². The maximum absolute atomic E-state index is 12.2. The van der Waals surface area contributed by atoms with Gasteiger partial charge in [-0.3, -0.25) is 4.79 Å². The molecule has 5 nitrogen and oxygen atoms in total. The fourth-order valence-electron chi connectivity index (χ4n) is 1.40. The number of methoxy groups -OCH3 is 1. The molecule has 0 fully saturated rings. The van der Waals surface area contributed by atoms with Crippen LogP contribution in [-0.4, -0.2) is 24.0 Å². The normalized spacial score (nSPS) is 13.6. The molecule has 0 saturated heterocycles. The summed E-state index contributed by atoms with van der Waals surface area (Å²) in [5.41, 5.74) is 0.202. The van der Waals surface area contributed by atoms with Gasteiger partial charge in [-0.25, -0.2) is 4.79 Å². The van der Waals surface area contributed by atoms with Crippen LogP contribution >= 0.6 is 0 Å². The number of furan rings is 1. The largest absolute Gasteiger partial charge is 0.504 e. The second kappa shape index (κ2) is 6.78. The number of carboxylic acids is 1. The number of hydrogen-bond acceptors (Lipinski definition) is 4. The monoisotopic (exact) mass is 304 g/mol. The Morgan fingerprint density at radius 2 is 2.14 bits per heavy atom. The Labute approximate surface area is 117 Å². The van der Waals surface area contributed by atoms with Crippen molar-refractivity contribution in [3.63, 3.8) is 0 Å². The molecule has 1 aliphatic carbocycles. The van der Waals surface area contributed by atoms with Crippen molar-refractivity contribution >= 4 is 17.8 Å². The molecule has 8 heteroatoms. The molecular weight excluding hydrogens is 293 g/mol. The lowest BCUT2D eigenvalue weighted by Gasteiger charge is -2.01. The number of carboxylic acid groups (broad SMARTS) is 1. The number of Topliss-reactive ketones (excluding diaryl/α,β-unsaturated/α-hetero) is 1. The summed E-state index contributed by atoms with van der Waals surface area (Å²) in [6, 6.07) is 0.836. The lowest BCUT2D eigenvalue weighted by Crippen LogP contribution is -2.03. The van der Waals surface area contributed by atoms with E-state index in [4.69, 9.17) is 5.11 Å². The van der Waals surface area contributed by atoms with Gasteiger partial charge in [0.25, 0.3) is 0 Å². The number of ether oxygens (including phenoxy) is 1. The van der Waals surface area contributed by atoms with Gasteiger partial charge < -0.3 is 14.3 Å². The van der Waals surface area contributed by atoms with Crippen molar-refractivity contribution in [1.82, 2.24) is 0 Å². The van der Waals surface area contributed by atoms with Gasteiger partial charge in [0.15, 0.2) is 5.76 Å². The fourth-order valence-corrected chi connectivity index (χ4v) is 1.40. The zero-order valence-corrected chi connectivity index (χ0v) is 10.8. The molecule has 2 rings (SSSR count). The van der Waals surface area contributed by atoms with Crippen molar-refractivity contribution in [3.8, 4) is 0 Å². The maximum atomic E-state index is 12.2. The van der Waals surface area contributed by atoms with Gasteiger partial charge in [-0.1, -0.05) is 12.2 Å². The van der Waals surface area contributed by atoms with E-state index in [9.17, 15) is 22.8 Å². The van der Waals surface area contributed by atoms with E-state index in [1.165, 1.54) is 19.3 Å². The van der Waals surface area contributed by atoms with E-state index >= 15 is 0 Å². The SMILES string of the molecule is CO/C=C/C(=O)O.O=C1CC=Cc2cc(C(F)(F)F)oc21. The van der Waals surface area contributed by atoms with Crippen LogP contribution in [0.2, 0.25) is 0 Å². The van der Waals surface area contributed by atoms with Gasteiger partial charge in [-0.05, 0) is 6.07 Å². The van der Waals surface area contributed by atoms with E-state index in [1.807, 2.05) is 0 Å². The molecular formula is C13H11F3O5. The average molecular weight is 304 g/mol. The molecule has 21 heavy (non-hydrogen) atoms. The third kappa shape index (κ3) is 4.83. The van der Waals surface area contributed by atoms with E-state index in [0.29, 0.717) is 0 Å². The molecule has 1 N–H and O–H groups in total. The highest BCUT2D eigenvalue weighted by Crippen LogP contribution is 2.34. The summed E-state index contributed by atoms with van der Waals surface area (Å²) in [4.78, 5) is 20.7. The topological polar surface area (TPSA) is 76.7 Å². The Hall–Kier alpha value is -2.51. The first kappa shape index (κ1) is 16.5. The molecule has 0 radical (unpaired) electrons. The van der Waals surface area contributed by atoms with E-state index in [1.54, 1.807) is 0 Å². The highest BCUT2D eigenvalue weighted by molar-refractivity contribution is 6.00. The molecule has 1 heterocycles. The van der Waals surface area contributed by atoms with Gasteiger partial charge in [0, 0.05) is 12.0 Å². The van der Waals surface area contributed by atoms with Gasteiger partial charge in [-0.2, -0.15) is 13.2 Å². The van der Waals surface area contributed by atoms with Crippen LogP contribution in [0.25, 0.3) is 6.08 Å². The highest BCUT2D eigenvalue weighted by Gasteiger charge is 2.37. The number of hydrogen-bond donors (Lipinski definition) is 1. The van der Waals surface area contributed by atoms with Gasteiger partial charge in [0.1, 0.15) is 0 Å². The first-order valence-corrected chi connectivity index (χ1v) is 5.58. The van der Waals surface area contributed by atoms with E-state index in [0.717, 1.165) is 18.4 Å². The molecule has 0 atom stereocenters. The van der Waals surface area contributed by atoms with Crippen LogP contribution in [0.5, 0.6) is 0 Å². The molecule has 1 aromatic rings. The van der Waals surface area contributed by atoms with Crippen LogP contribution in [0.1, 0.15) is 28.3 Å². The van der Waals surface area contributed by atoms with Crippen LogP contribution in [0.3, 0.4) is 0 Å². The minimum Gasteiger partial charge on any atom is -0.504 e. The summed E-state index contributed by atoms with van der Waals surface area (Å²) < 4.78 is 45.3. The zero-order chi connectivity index (χ0) is 16.0. The number of ketones is 1. The Morgan fingerprint density at radius 1 is 1.48 bits per heavy atom. The average Bonchev–Trinajstić information content (AvgIpc) is 2.82. The summed E-state index contributed by atoms with van der Waals surface area (Å²) in [5.74, 6) is -2.73. The van der Waals surface area contributed by atoms with Crippen molar-refractivity contribution in [3.05, 3.63) is 41.6 Å². The van der Waals surface area contributed by atoms with Crippen molar-refractivity contribution in [2.45, 2.75) is 12.6 Å². The van der Waals surface area contributed by atoms with Crippen molar-refractivity contribution < 1.29 is 37.0 Å². The number of fused-ring (bicyclic) bond motifs is 1. The Kier molecular flexibility index (Phi) is 5.34. The predicted octanol–water partition coefficient (Wildman–Crippen LogP) is 3.13. The smallest absolute Gasteiger partial charge is 0.449 e. The molecule has 1 aliphatic rings. The molecule has 114 valence electrons. The van der Waals surface area contributed by atoms with Crippen LogP contribution in [0, 0.1) is 0 Å². The number of carbonyl (C=O) groups is 2. The molecule has 0 aliphatic heterocycles. The number of allylic oxidation sites excluding steroid dienone is 1. The third-order valence-corrected chi connectivity index (χ3v) is 2.24. The molecule has 0 bridgehead atoms. The number of alkyl halides is 3. The van der Waals surface area contributed by atoms with E-state index in [-0.39, 0.29) is 17.7 Å². The standard InChI is InChI=1S/C9H5F3O2.C4H6O3/c10-9(11,12)7-4-5-2-1-3-6(13)8(5)14-7;1-7-3-2-4(5)6/h1-2,4H,3H2;2-3H,1H3,(H,5,6)/b;3-2+. The minimum absolute atomic E-state index is 0.0951. The molecule has 0 amide bonds. The third-order valence-electron chi connectivity index (χ3n) is 2.24. The number of carbonyl (C=O) groups excluding carboxylic acids is 1. The number of aliphatic carboxylic acids is 1. The van der Waals surface area contributed by atoms with Crippen LogP contribution in [0.4, 0.5) is 13.2 Å². The molecule has 0 saturated carbocycles. The molecule has 0 aromatic carbocycles. The lowest BCUT2D eigenvalue weighted by atomic mass is 10.1. The van der Waals surface area contributed by atoms with Gasteiger partial charge in [0.2, 0.25) is 11.5 Å². The minimum atomic E-state index is -4.54. The summed E-state index contributed by atoms with van der Waals surface area (Å²) in [7, 11) is 1.39. The lowest BCUT2D eigenvalue weighted by molar-refractivity contribution is -0.153.